The van der Waals surface area contributed by atoms with Crippen molar-refractivity contribution in [1.82, 2.24) is 22.8 Å². The molecular formula is C74H43N7. The highest BCUT2D eigenvalue weighted by molar-refractivity contribution is 6.40. The molecule has 374 valence electrons. The van der Waals surface area contributed by atoms with Crippen molar-refractivity contribution in [3.63, 3.8) is 0 Å². The fourth-order valence-electron chi connectivity index (χ4n) is 13.6. The maximum Gasteiger partial charge on any atom is 0.104 e. The highest BCUT2D eigenvalue weighted by Crippen LogP contribution is 2.51. The lowest BCUT2D eigenvalue weighted by atomic mass is 9.98. The molecule has 12 aromatic carbocycles. The molecule has 0 N–H and O–H groups in total. The number of nitriles is 2. The van der Waals surface area contributed by atoms with Gasteiger partial charge in [-0.05, 0) is 114 Å². The van der Waals surface area contributed by atoms with Crippen molar-refractivity contribution in [1.29, 1.82) is 10.5 Å². The molecule has 7 heteroatoms. The van der Waals surface area contributed by atoms with Gasteiger partial charge < -0.3 is 22.8 Å². The van der Waals surface area contributed by atoms with E-state index in [0.717, 1.165) is 149 Å². The van der Waals surface area contributed by atoms with Gasteiger partial charge in [0.05, 0.1) is 78.2 Å². The molecule has 0 aliphatic heterocycles. The second kappa shape index (κ2) is 17.1. The SMILES string of the molecule is N#Cc1ccc(-c2cc(-n3c4ccccc4c4cc5c(cc43)c3ccccc3n5-c3ccccc3)c(C#N)c(-n3c4ccccc4c4c5c(c6ccccc6n5-c5ccccc5)c5c(c6ccccc6n5-c5ccccc5)c43)c2)cc1. The first-order chi connectivity index (χ1) is 40.2. The number of hydrogen-bond acceptors (Lipinski definition) is 2. The Labute approximate surface area is 463 Å². The molecule has 17 rings (SSSR count). The maximum atomic E-state index is 12.3. The smallest absolute Gasteiger partial charge is 0.104 e. The number of aromatic nitrogens is 5. The lowest BCUT2D eigenvalue weighted by molar-refractivity contribution is 1.12. The van der Waals surface area contributed by atoms with E-state index in [1.54, 1.807) is 0 Å². The number of rotatable bonds is 6. The van der Waals surface area contributed by atoms with Gasteiger partial charge in [-0.2, -0.15) is 10.5 Å². The van der Waals surface area contributed by atoms with Crippen LogP contribution < -0.4 is 0 Å². The molecule has 17 aromatic rings. The van der Waals surface area contributed by atoms with Crippen molar-refractivity contribution in [2.45, 2.75) is 0 Å². The van der Waals surface area contributed by atoms with Gasteiger partial charge in [0, 0.05) is 70.9 Å². The number of nitrogens with zero attached hydrogens (tertiary/aromatic N) is 7. The standard InChI is InChI=1S/C74H43N7/c75-44-46-36-38-47(39-37-46)48-40-65(80-61-32-16-11-27-53(61)58-42-67-57(43-68(58)80)52-26-10-15-31-60(52)77(67)49-20-4-1-5-21-49)59(45-76)66(41-48)81-64-35-19-14-30-56(64)71-73-69(54-28-12-17-33-62(54)78(73)50-22-6-2-7-23-50)72-70(74(71)81)55-29-13-18-34-63(55)79(72)51-24-8-3-9-25-51/h1-43H. The van der Waals surface area contributed by atoms with Gasteiger partial charge in [0.25, 0.3) is 0 Å². The summed E-state index contributed by atoms with van der Waals surface area (Å²) in [6.45, 7) is 0. The lowest BCUT2D eigenvalue weighted by Gasteiger charge is -2.19. The van der Waals surface area contributed by atoms with Gasteiger partial charge in [-0.15, -0.1) is 0 Å². The second-order valence-corrected chi connectivity index (χ2v) is 21.0. The van der Waals surface area contributed by atoms with Gasteiger partial charge in [0.1, 0.15) is 11.6 Å². The summed E-state index contributed by atoms with van der Waals surface area (Å²) in [6.07, 6.45) is 0. The molecule has 0 saturated heterocycles. The Morgan fingerprint density at radius 2 is 0.593 bits per heavy atom. The van der Waals surface area contributed by atoms with E-state index in [-0.39, 0.29) is 0 Å². The number of benzene rings is 12. The third-order valence-corrected chi connectivity index (χ3v) is 16.9. The van der Waals surface area contributed by atoms with E-state index < -0.39 is 0 Å². The monoisotopic (exact) mass is 1030 g/mol. The van der Waals surface area contributed by atoms with Crippen molar-refractivity contribution in [2.24, 2.45) is 0 Å². The Kier molecular flexibility index (Phi) is 9.42. The average molecular weight is 1030 g/mol. The molecule has 7 nitrogen and oxygen atoms in total. The molecule has 0 aliphatic rings. The van der Waals surface area contributed by atoms with Gasteiger partial charge in [0.15, 0.2) is 0 Å². The fourth-order valence-corrected chi connectivity index (χ4v) is 13.6. The zero-order valence-corrected chi connectivity index (χ0v) is 43.5. The molecule has 0 spiro atoms. The van der Waals surface area contributed by atoms with Crippen LogP contribution in [0.25, 0.3) is 149 Å². The van der Waals surface area contributed by atoms with Crippen molar-refractivity contribution in [3.05, 3.63) is 272 Å². The van der Waals surface area contributed by atoms with E-state index in [9.17, 15) is 10.5 Å². The third kappa shape index (κ3) is 6.20. The van der Waals surface area contributed by atoms with E-state index in [1.165, 1.54) is 0 Å². The first-order valence-corrected chi connectivity index (χ1v) is 27.3. The molecule has 0 radical (unpaired) electrons. The fraction of sp³-hybridized carbons (Fsp3) is 0. The Morgan fingerprint density at radius 1 is 0.247 bits per heavy atom. The zero-order chi connectivity index (χ0) is 53.4. The zero-order valence-electron chi connectivity index (χ0n) is 43.5. The quantitative estimate of drug-likeness (QED) is 0.166. The number of hydrogen-bond donors (Lipinski definition) is 0. The van der Waals surface area contributed by atoms with Crippen molar-refractivity contribution < 1.29 is 0 Å². The minimum absolute atomic E-state index is 0.521. The molecule has 0 atom stereocenters. The van der Waals surface area contributed by atoms with Gasteiger partial charge in [-0.1, -0.05) is 158 Å². The van der Waals surface area contributed by atoms with E-state index in [4.69, 9.17) is 0 Å². The topological polar surface area (TPSA) is 72.2 Å². The molecular weight excluding hydrogens is 987 g/mol. The van der Waals surface area contributed by atoms with Crippen LogP contribution in [0, 0.1) is 22.7 Å². The first kappa shape index (κ1) is 44.7. The molecule has 5 heterocycles. The summed E-state index contributed by atoms with van der Waals surface area (Å²) in [5, 5.41) is 33.5. The Balaban J connectivity index is 1.09. The van der Waals surface area contributed by atoms with Crippen LogP contribution in [0.1, 0.15) is 11.1 Å². The van der Waals surface area contributed by atoms with Crippen LogP contribution in [0.4, 0.5) is 0 Å². The summed E-state index contributed by atoms with van der Waals surface area (Å²) in [5.74, 6) is 0. The predicted molar refractivity (Wildman–Crippen MR) is 333 cm³/mol. The van der Waals surface area contributed by atoms with Crippen LogP contribution in [0.15, 0.2) is 261 Å². The summed E-state index contributed by atoms with van der Waals surface area (Å²) in [6, 6.07) is 97.7. The predicted octanol–water partition coefficient (Wildman–Crippen LogP) is 18.6. The molecule has 0 saturated carbocycles. The Morgan fingerprint density at radius 3 is 1.04 bits per heavy atom. The summed E-state index contributed by atoms with van der Waals surface area (Å²) in [5.41, 5.74) is 18.2. The summed E-state index contributed by atoms with van der Waals surface area (Å²) >= 11 is 0. The van der Waals surface area contributed by atoms with E-state index >= 15 is 0 Å². The highest BCUT2D eigenvalue weighted by atomic mass is 15.1. The molecule has 0 aliphatic carbocycles. The molecule has 0 unspecified atom stereocenters. The van der Waals surface area contributed by atoms with Crippen LogP contribution in [0.2, 0.25) is 0 Å². The van der Waals surface area contributed by atoms with E-state index in [0.29, 0.717) is 11.1 Å². The van der Waals surface area contributed by atoms with Gasteiger partial charge in [-0.25, -0.2) is 0 Å². The first-order valence-electron chi connectivity index (χ1n) is 27.3. The Bertz CT molecular complexity index is 5510. The van der Waals surface area contributed by atoms with Crippen LogP contribution in [0.5, 0.6) is 0 Å². The summed E-state index contributed by atoms with van der Waals surface area (Å²) in [4.78, 5) is 0. The van der Waals surface area contributed by atoms with E-state index in [1.807, 2.05) is 24.3 Å². The third-order valence-electron chi connectivity index (χ3n) is 16.9. The molecule has 5 aromatic heterocycles. The van der Waals surface area contributed by atoms with Crippen molar-refractivity contribution in [2.75, 3.05) is 0 Å². The van der Waals surface area contributed by atoms with Crippen molar-refractivity contribution in [3.8, 4) is 51.7 Å². The molecule has 0 bridgehead atoms. The van der Waals surface area contributed by atoms with Crippen LogP contribution in [-0.4, -0.2) is 22.8 Å². The minimum Gasteiger partial charge on any atom is -0.309 e. The highest BCUT2D eigenvalue weighted by Gasteiger charge is 2.31. The maximum absolute atomic E-state index is 12.3. The number of fused-ring (bicyclic) bond motifs is 18. The second-order valence-electron chi connectivity index (χ2n) is 21.0. The van der Waals surface area contributed by atoms with Crippen molar-refractivity contribution >= 4 is 109 Å². The molecule has 81 heavy (non-hydrogen) atoms. The number of para-hydroxylation sites is 8. The van der Waals surface area contributed by atoms with Gasteiger partial charge in [0.2, 0.25) is 0 Å². The minimum atomic E-state index is 0.521. The van der Waals surface area contributed by atoms with Crippen LogP contribution >= 0.6 is 0 Å². The van der Waals surface area contributed by atoms with Gasteiger partial charge >= 0.3 is 0 Å². The Hall–Kier alpha value is -11.4. The van der Waals surface area contributed by atoms with Crippen LogP contribution in [0.3, 0.4) is 0 Å². The lowest BCUT2D eigenvalue weighted by Crippen LogP contribution is -2.05. The van der Waals surface area contributed by atoms with Crippen LogP contribution in [-0.2, 0) is 0 Å². The summed E-state index contributed by atoms with van der Waals surface area (Å²) < 4.78 is 12.0. The van der Waals surface area contributed by atoms with E-state index in [2.05, 4.69) is 272 Å². The van der Waals surface area contributed by atoms with Gasteiger partial charge in [-0.3, -0.25) is 0 Å². The molecule has 0 fully saturated rings. The largest absolute Gasteiger partial charge is 0.309 e. The molecule has 0 amide bonds. The average Bonchev–Trinajstić information content (AvgIpc) is 4.17. The summed E-state index contributed by atoms with van der Waals surface area (Å²) in [7, 11) is 0. The normalized spacial score (nSPS) is 11.9.